The van der Waals surface area contributed by atoms with Gasteiger partial charge < -0.3 is 14.2 Å². The number of halogens is 2. The second-order valence-electron chi connectivity index (χ2n) is 7.80. The zero-order chi connectivity index (χ0) is 26.5. The Labute approximate surface area is 232 Å². The molecule has 0 atom stereocenters. The van der Waals surface area contributed by atoms with Crippen LogP contribution in [-0.2, 0) is 16.2 Å². The molecule has 1 aliphatic heterocycles. The number of imide groups is 2. The monoisotopic (exact) mass is 632 g/mol. The molecular formula is C27H22ClIN2O6. The molecule has 0 spiro atoms. The van der Waals surface area contributed by atoms with E-state index in [9.17, 15) is 14.4 Å². The molecule has 0 saturated carbocycles. The number of carbonyl (C=O) groups is 3. The molecule has 1 aliphatic rings. The number of rotatable bonds is 8. The van der Waals surface area contributed by atoms with Crippen molar-refractivity contribution in [1.82, 2.24) is 5.32 Å². The van der Waals surface area contributed by atoms with E-state index in [0.717, 1.165) is 10.5 Å². The van der Waals surface area contributed by atoms with Crippen molar-refractivity contribution in [3.63, 3.8) is 0 Å². The molecule has 4 amide bonds. The Morgan fingerprint density at radius 2 is 1.76 bits per heavy atom. The SMILES string of the molecule is CCOc1cc(/C=C2\C(=O)NC(=O)N(c3ccc(OC)cc3)C2=O)cc(I)c1OCc1ccccc1Cl. The first-order valence-corrected chi connectivity index (χ1v) is 12.7. The molecule has 3 aromatic rings. The fraction of sp³-hybridized carbons (Fsp3) is 0.148. The van der Waals surface area contributed by atoms with E-state index in [1.54, 1.807) is 42.5 Å². The first kappa shape index (κ1) is 26.5. The van der Waals surface area contributed by atoms with Crippen LogP contribution in [0.3, 0.4) is 0 Å². The van der Waals surface area contributed by atoms with E-state index >= 15 is 0 Å². The number of benzene rings is 3. The van der Waals surface area contributed by atoms with E-state index in [-0.39, 0.29) is 12.2 Å². The molecule has 4 rings (SSSR count). The summed E-state index contributed by atoms with van der Waals surface area (Å²) in [6, 6.07) is 16.3. The van der Waals surface area contributed by atoms with Gasteiger partial charge in [-0.2, -0.15) is 0 Å². The minimum Gasteiger partial charge on any atom is -0.497 e. The van der Waals surface area contributed by atoms with Crippen LogP contribution in [0.2, 0.25) is 5.02 Å². The lowest BCUT2D eigenvalue weighted by molar-refractivity contribution is -0.122. The van der Waals surface area contributed by atoms with Crippen molar-refractivity contribution in [2.45, 2.75) is 13.5 Å². The number of ether oxygens (including phenoxy) is 3. The Morgan fingerprint density at radius 1 is 1.03 bits per heavy atom. The summed E-state index contributed by atoms with van der Waals surface area (Å²) in [6.45, 7) is 2.44. The van der Waals surface area contributed by atoms with Gasteiger partial charge in [0.2, 0.25) is 0 Å². The van der Waals surface area contributed by atoms with Gasteiger partial charge in [-0.3, -0.25) is 14.9 Å². The molecule has 190 valence electrons. The first-order valence-electron chi connectivity index (χ1n) is 11.2. The Bertz CT molecular complexity index is 1390. The van der Waals surface area contributed by atoms with Gasteiger partial charge in [-0.25, -0.2) is 9.69 Å². The van der Waals surface area contributed by atoms with E-state index < -0.39 is 17.8 Å². The largest absolute Gasteiger partial charge is 0.497 e. The van der Waals surface area contributed by atoms with Gasteiger partial charge in [0, 0.05) is 10.6 Å². The van der Waals surface area contributed by atoms with Crippen molar-refractivity contribution in [3.8, 4) is 17.2 Å². The van der Waals surface area contributed by atoms with Gasteiger partial charge >= 0.3 is 6.03 Å². The number of nitrogens with zero attached hydrogens (tertiary/aromatic N) is 1. The minimum atomic E-state index is -0.828. The molecule has 37 heavy (non-hydrogen) atoms. The maximum Gasteiger partial charge on any atom is 0.335 e. The molecule has 8 nitrogen and oxygen atoms in total. The third-order valence-corrected chi connectivity index (χ3v) is 6.57. The second-order valence-corrected chi connectivity index (χ2v) is 9.37. The quantitative estimate of drug-likeness (QED) is 0.198. The topological polar surface area (TPSA) is 94.2 Å². The molecule has 0 bridgehead atoms. The number of anilines is 1. The number of carbonyl (C=O) groups excluding carboxylic acids is 3. The van der Waals surface area contributed by atoms with Crippen molar-refractivity contribution in [2.75, 3.05) is 18.6 Å². The minimum absolute atomic E-state index is 0.196. The van der Waals surface area contributed by atoms with Crippen LogP contribution < -0.4 is 24.4 Å². The Morgan fingerprint density at radius 3 is 2.43 bits per heavy atom. The summed E-state index contributed by atoms with van der Waals surface area (Å²) < 4.78 is 17.7. The second kappa shape index (κ2) is 11.7. The number of nitrogens with one attached hydrogen (secondary N) is 1. The predicted octanol–water partition coefficient (Wildman–Crippen LogP) is 5.60. The Hall–Kier alpha value is -3.57. The maximum atomic E-state index is 13.2. The lowest BCUT2D eigenvalue weighted by Gasteiger charge is -2.26. The average molecular weight is 633 g/mol. The van der Waals surface area contributed by atoms with Crippen LogP contribution in [0.15, 0.2) is 66.2 Å². The highest BCUT2D eigenvalue weighted by Crippen LogP contribution is 2.36. The maximum absolute atomic E-state index is 13.2. The number of urea groups is 1. The lowest BCUT2D eigenvalue weighted by atomic mass is 10.1. The third-order valence-electron chi connectivity index (χ3n) is 5.40. The van der Waals surface area contributed by atoms with Crippen LogP contribution >= 0.6 is 34.2 Å². The molecule has 1 N–H and O–H groups in total. The highest BCUT2D eigenvalue weighted by molar-refractivity contribution is 14.1. The predicted molar refractivity (Wildman–Crippen MR) is 148 cm³/mol. The molecule has 1 fully saturated rings. The zero-order valence-electron chi connectivity index (χ0n) is 19.9. The fourth-order valence-corrected chi connectivity index (χ4v) is 4.60. The smallest absolute Gasteiger partial charge is 0.335 e. The lowest BCUT2D eigenvalue weighted by Crippen LogP contribution is -2.54. The average Bonchev–Trinajstić information content (AvgIpc) is 2.87. The number of barbiturate groups is 1. The van der Waals surface area contributed by atoms with E-state index in [1.165, 1.54) is 13.2 Å². The summed E-state index contributed by atoms with van der Waals surface area (Å²) in [7, 11) is 1.51. The standard InChI is InChI=1S/C27H22ClIN2O6/c1-3-36-23-14-16(13-22(29)24(23)37-15-17-6-4-5-7-21(17)28)12-20-25(32)30-27(34)31(26(20)33)18-8-10-19(35-2)11-9-18/h4-14H,3,15H2,1-2H3,(H,30,32,34)/b20-12+. The first-order chi connectivity index (χ1) is 17.8. The molecule has 10 heteroatoms. The summed E-state index contributed by atoms with van der Waals surface area (Å²) in [4.78, 5) is 39.2. The van der Waals surface area contributed by atoms with Crippen molar-refractivity contribution < 1.29 is 28.6 Å². The summed E-state index contributed by atoms with van der Waals surface area (Å²) in [5.74, 6) is -0.00734. The van der Waals surface area contributed by atoms with Crippen molar-refractivity contribution >= 4 is 63.8 Å². The van der Waals surface area contributed by atoms with Crippen LogP contribution in [0.1, 0.15) is 18.1 Å². The van der Waals surface area contributed by atoms with Crippen molar-refractivity contribution in [2.24, 2.45) is 0 Å². The van der Waals surface area contributed by atoms with Gasteiger partial charge in [0.05, 0.1) is 23.0 Å². The Balaban J connectivity index is 1.65. The van der Waals surface area contributed by atoms with E-state index in [1.807, 2.05) is 25.1 Å². The van der Waals surface area contributed by atoms with Gasteiger partial charge in [0.1, 0.15) is 17.9 Å². The molecule has 3 aromatic carbocycles. The van der Waals surface area contributed by atoms with Crippen LogP contribution in [0, 0.1) is 3.57 Å². The zero-order valence-corrected chi connectivity index (χ0v) is 22.8. The highest BCUT2D eigenvalue weighted by atomic mass is 127. The van der Waals surface area contributed by atoms with Crippen LogP contribution in [-0.4, -0.2) is 31.6 Å². The fourth-order valence-electron chi connectivity index (χ4n) is 3.63. The van der Waals surface area contributed by atoms with E-state index in [2.05, 4.69) is 27.9 Å². The van der Waals surface area contributed by atoms with Gasteiger partial charge in [0.25, 0.3) is 11.8 Å². The molecule has 0 aromatic heterocycles. The van der Waals surface area contributed by atoms with Crippen LogP contribution in [0.4, 0.5) is 10.5 Å². The van der Waals surface area contributed by atoms with Gasteiger partial charge in [-0.05, 0) is 83.6 Å². The molecule has 0 radical (unpaired) electrons. The van der Waals surface area contributed by atoms with Gasteiger partial charge in [-0.1, -0.05) is 29.8 Å². The van der Waals surface area contributed by atoms with Crippen molar-refractivity contribution in [3.05, 3.63) is 86.0 Å². The summed E-state index contributed by atoms with van der Waals surface area (Å²) in [5, 5.41) is 2.82. The normalized spacial score (nSPS) is 14.5. The van der Waals surface area contributed by atoms with Crippen molar-refractivity contribution in [1.29, 1.82) is 0 Å². The molecule has 1 saturated heterocycles. The number of hydrogen-bond donors (Lipinski definition) is 1. The summed E-state index contributed by atoms with van der Waals surface area (Å²) in [5.41, 5.74) is 1.45. The Kier molecular flexibility index (Phi) is 8.34. The van der Waals surface area contributed by atoms with E-state index in [4.69, 9.17) is 25.8 Å². The van der Waals surface area contributed by atoms with E-state index in [0.29, 0.717) is 43.7 Å². The molecule has 0 unspecified atom stereocenters. The van der Waals surface area contributed by atoms with Crippen LogP contribution in [0.25, 0.3) is 6.08 Å². The summed E-state index contributed by atoms with van der Waals surface area (Å²) >= 11 is 8.35. The molecule has 1 heterocycles. The molecule has 0 aliphatic carbocycles. The van der Waals surface area contributed by atoms with Gasteiger partial charge in [-0.15, -0.1) is 0 Å². The summed E-state index contributed by atoms with van der Waals surface area (Å²) in [6.07, 6.45) is 1.42. The van der Waals surface area contributed by atoms with Crippen LogP contribution in [0.5, 0.6) is 17.2 Å². The van der Waals surface area contributed by atoms with Gasteiger partial charge in [0.15, 0.2) is 11.5 Å². The molecular weight excluding hydrogens is 611 g/mol. The number of methoxy groups -OCH3 is 1. The highest BCUT2D eigenvalue weighted by Gasteiger charge is 2.37. The number of amides is 4. The number of hydrogen-bond acceptors (Lipinski definition) is 6. The third kappa shape index (κ3) is 5.89.